The maximum absolute atomic E-state index is 12.3. The molecule has 4 nitrogen and oxygen atoms in total. The Bertz CT molecular complexity index is 672. The molecule has 3 N–H and O–H groups in total. The maximum Gasteiger partial charge on any atom is 0.220 e. The summed E-state index contributed by atoms with van der Waals surface area (Å²) in [6, 6.07) is -0.638. The van der Waals surface area contributed by atoms with Gasteiger partial charge in [0.25, 0.3) is 0 Å². The van der Waals surface area contributed by atoms with Gasteiger partial charge in [0.2, 0.25) is 5.91 Å². The second kappa shape index (κ2) is 36.1. The van der Waals surface area contributed by atoms with Gasteiger partial charge in [0, 0.05) is 6.42 Å². The molecule has 0 rings (SSSR count). The van der Waals surface area contributed by atoms with Crippen molar-refractivity contribution in [3.8, 4) is 0 Å². The molecule has 0 saturated carbocycles. The molecule has 0 saturated heterocycles. The molecule has 0 radical (unpaired) electrons. The van der Waals surface area contributed by atoms with E-state index >= 15 is 0 Å². The summed E-state index contributed by atoms with van der Waals surface area (Å²) in [6.45, 7) is 4.27. The number of rotatable bonds is 34. The third-order valence-electron chi connectivity index (χ3n) is 8.60. The minimum atomic E-state index is -0.860. The summed E-state index contributed by atoms with van der Waals surface area (Å²) in [5, 5.41) is 22.8. The predicted octanol–water partition coefficient (Wildman–Crippen LogP) is 11.5. The van der Waals surface area contributed by atoms with Crippen LogP contribution in [0.15, 0.2) is 36.5 Å². The number of aliphatic hydroxyl groups excluding tert-OH is 2. The Morgan fingerprint density at radius 3 is 1.32 bits per heavy atom. The molecular weight excluding hydrogens is 542 g/mol. The molecular formula is C40H75NO3. The van der Waals surface area contributed by atoms with Crippen LogP contribution in [-0.2, 0) is 4.79 Å². The van der Waals surface area contributed by atoms with Gasteiger partial charge in [0.15, 0.2) is 0 Å². The Morgan fingerprint density at radius 2 is 0.886 bits per heavy atom. The first-order valence-electron chi connectivity index (χ1n) is 19.2. The minimum Gasteiger partial charge on any atom is -0.394 e. The van der Waals surface area contributed by atoms with Gasteiger partial charge in [-0.05, 0) is 57.8 Å². The van der Waals surface area contributed by atoms with Gasteiger partial charge in [-0.2, -0.15) is 0 Å². The molecule has 0 aromatic heterocycles. The van der Waals surface area contributed by atoms with Gasteiger partial charge in [-0.1, -0.05) is 166 Å². The molecule has 4 heteroatoms. The lowest BCUT2D eigenvalue weighted by molar-refractivity contribution is -0.123. The summed E-state index contributed by atoms with van der Waals surface area (Å²) >= 11 is 0. The van der Waals surface area contributed by atoms with Crippen molar-refractivity contribution in [1.82, 2.24) is 5.32 Å². The zero-order valence-corrected chi connectivity index (χ0v) is 29.4. The fraction of sp³-hybridized carbons (Fsp3) is 0.825. The molecule has 0 heterocycles. The van der Waals surface area contributed by atoms with Crippen LogP contribution in [0.25, 0.3) is 0 Å². The van der Waals surface area contributed by atoms with E-state index in [-0.39, 0.29) is 12.5 Å². The van der Waals surface area contributed by atoms with Crippen molar-refractivity contribution in [3.63, 3.8) is 0 Å². The number of allylic oxidation sites excluding steroid dienone is 5. The van der Waals surface area contributed by atoms with Crippen molar-refractivity contribution in [2.75, 3.05) is 6.61 Å². The van der Waals surface area contributed by atoms with Crippen LogP contribution in [0.3, 0.4) is 0 Å². The smallest absolute Gasteiger partial charge is 0.220 e. The van der Waals surface area contributed by atoms with Crippen LogP contribution < -0.4 is 5.32 Å². The van der Waals surface area contributed by atoms with Gasteiger partial charge in [-0.25, -0.2) is 0 Å². The van der Waals surface area contributed by atoms with Gasteiger partial charge >= 0.3 is 0 Å². The van der Waals surface area contributed by atoms with E-state index in [0.29, 0.717) is 6.42 Å². The van der Waals surface area contributed by atoms with Crippen LogP contribution in [0.2, 0.25) is 0 Å². The Kier molecular flexibility index (Phi) is 34.9. The molecule has 0 aromatic rings. The fourth-order valence-corrected chi connectivity index (χ4v) is 5.60. The van der Waals surface area contributed by atoms with E-state index in [1.807, 2.05) is 6.08 Å². The summed E-state index contributed by atoms with van der Waals surface area (Å²) in [7, 11) is 0. The summed E-state index contributed by atoms with van der Waals surface area (Å²) in [6.07, 6.45) is 46.6. The second-order valence-electron chi connectivity index (χ2n) is 13.0. The topological polar surface area (TPSA) is 69.6 Å². The van der Waals surface area contributed by atoms with Crippen LogP contribution >= 0.6 is 0 Å². The summed E-state index contributed by atoms with van der Waals surface area (Å²) in [5.41, 5.74) is 0. The molecule has 0 aliphatic rings. The first-order valence-corrected chi connectivity index (χ1v) is 19.2. The van der Waals surface area contributed by atoms with Crippen LogP contribution in [0.5, 0.6) is 0 Å². The first kappa shape index (κ1) is 42.6. The number of unbranched alkanes of at least 4 members (excludes halogenated alkanes) is 23. The lowest BCUT2D eigenvalue weighted by Crippen LogP contribution is -2.45. The number of hydrogen-bond donors (Lipinski definition) is 3. The fourth-order valence-electron chi connectivity index (χ4n) is 5.60. The zero-order chi connectivity index (χ0) is 32.2. The minimum absolute atomic E-state index is 0.0803. The molecule has 0 bridgehead atoms. The number of amides is 1. The largest absolute Gasteiger partial charge is 0.394 e. The molecule has 0 aromatic carbocycles. The van der Waals surface area contributed by atoms with E-state index in [9.17, 15) is 15.0 Å². The summed E-state index contributed by atoms with van der Waals surface area (Å²) in [4.78, 5) is 12.3. The van der Waals surface area contributed by atoms with Gasteiger partial charge in [-0.15, -0.1) is 0 Å². The lowest BCUT2D eigenvalue weighted by atomic mass is 10.1. The van der Waals surface area contributed by atoms with Gasteiger partial charge < -0.3 is 15.5 Å². The number of hydrogen-bond acceptors (Lipinski definition) is 3. The molecule has 258 valence electrons. The quantitative estimate of drug-likeness (QED) is 0.0497. The van der Waals surface area contributed by atoms with E-state index in [1.165, 1.54) is 141 Å². The van der Waals surface area contributed by atoms with E-state index in [0.717, 1.165) is 32.1 Å². The van der Waals surface area contributed by atoms with Gasteiger partial charge in [0.05, 0.1) is 18.8 Å². The molecule has 2 atom stereocenters. The molecule has 2 unspecified atom stereocenters. The molecule has 0 aliphatic carbocycles. The van der Waals surface area contributed by atoms with E-state index in [2.05, 4.69) is 43.5 Å². The Balaban J connectivity index is 3.62. The highest BCUT2D eigenvalue weighted by Crippen LogP contribution is 2.13. The van der Waals surface area contributed by atoms with Crippen molar-refractivity contribution in [3.05, 3.63) is 36.5 Å². The SMILES string of the molecule is CCCCCCCC/C=C/CC/C=C/C(O)C(CO)NC(=O)CCCCCCCCC/C=C\CCCCCCCCCCC. The summed E-state index contributed by atoms with van der Waals surface area (Å²) < 4.78 is 0. The maximum atomic E-state index is 12.3. The van der Waals surface area contributed by atoms with Gasteiger partial charge in [0.1, 0.15) is 0 Å². The predicted molar refractivity (Wildman–Crippen MR) is 193 cm³/mol. The number of nitrogens with one attached hydrogen (secondary N) is 1. The highest BCUT2D eigenvalue weighted by molar-refractivity contribution is 5.76. The van der Waals surface area contributed by atoms with E-state index < -0.39 is 12.1 Å². The van der Waals surface area contributed by atoms with E-state index in [1.54, 1.807) is 6.08 Å². The van der Waals surface area contributed by atoms with Gasteiger partial charge in [-0.3, -0.25) is 4.79 Å². The monoisotopic (exact) mass is 618 g/mol. The number of carbonyl (C=O) groups excluding carboxylic acids is 1. The number of aliphatic hydroxyl groups is 2. The average molecular weight is 618 g/mol. The van der Waals surface area contributed by atoms with Crippen molar-refractivity contribution in [2.24, 2.45) is 0 Å². The zero-order valence-electron chi connectivity index (χ0n) is 29.4. The molecule has 0 spiro atoms. The molecule has 0 fully saturated rings. The molecule has 1 amide bonds. The van der Waals surface area contributed by atoms with Crippen molar-refractivity contribution in [2.45, 2.75) is 206 Å². The third-order valence-corrected chi connectivity index (χ3v) is 8.60. The number of carbonyl (C=O) groups is 1. The standard InChI is InChI=1S/C40H75NO3/c1-3-5-7-9-11-13-15-17-18-19-20-21-22-23-24-26-28-30-32-34-36-40(44)41-38(37-42)39(43)35-33-31-29-27-25-16-14-12-10-8-6-4-2/h20-21,25,27,33,35,38-39,42-43H,3-19,22-24,26,28-32,34,36-37H2,1-2H3,(H,41,44)/b21-20-,27-25+,35-33+. The lowest BCUT2D eigenvalue weighted by Gasteiger charge is -2.19. The first-order chi connectivity index (χ1) is 21.7. The second-order valence-corrected chi connectivity index (χ2v) is 13.0. The average Bonchev–Trinajstić information content (AvgIpc) is 3.03. The van der Waals surface area contributed by atoms with Crippen LogP contribution in [-0.4, -0.2) is 34.9 Å². The van der Waals surface area contributed by atoms with E-state index in [4.69, 9.17) is 0 Å². The summed E-state index contributed by atoms with van der Waals surface area (Å²) in [5.74, 6) is -0.0803. The van der Waals surface area contributed by atoms with Crippen molar-refractivity contribution in [1.29, 1.82) is 0 Å². The van der Waals surface area contributed by atoms with Crippen LogP contribution in [0.1, 0.15) is 194 Å². The van der Waals surface area contributed by atoms with Crippen LogP contribution in [0.4, 0.5) is 0 Å². The van der Waals surface area contributed by atoms with Crippen molar-refractivity contribution >= 4 is 5.91 Å². The molecule has 44 heavy (non-hydrogen) atoms. The third kappa shape index (κ3) is 32.0. The highest BCUT2D eigenvalue weighted by Gasteiger charge is 2.17. The Morgan fingerprint density at radius 1 is 0.523 bits per heavy atom. The Labute approximate surface area is 274 Å². The highest BCUT2D eigenvalue weighted by atomic mass is 16.3. The molecule has 0 aliphatic heterocycles. The Hall–Kier alpha value is -1.39. The van der Waals surface area contributed by atoms with Crippen LogP contribution in [0, 0.1) is 0 Å². The normalized spacial score (nSPS) is 13.5. The van der Waals surface area contributed by atoms with Crippen molar-refractivity contribution < 1.29 is 15.0 Å².